The van der Waals surface area contributed by atoms with Gasteiger partial charge in [0.25, 0.3) is 0 Å². The van der Waals surface area contributed by atoms with Crippen LogP contribution in [-0.2, 0) is 16.6 Å². The number of piperazine rings is 1. The summed E-state index contributed by atoms with van der Waals surface area (Å²) < 4.78 is 28.8. The van der Waals surface area contributed by atoms with Crippen molar-refractivity contribution in [3.05, 3.63) is 6.20 Å². The van der Waals surface area contributed by atoms with Gasteiger partial charge in [0.05, 0.1) is 0 Å². The van der Waals surface area contributed by atoms with Crippen LogP contribution in [0.15, 0.2) is 11.1 Å². The van der Waals surface area contributed by atoms with Crippen molar-refractivity contribution in [1.82, 2.24) is 24.3 Å². The van der Waals surface area contributed by atoms with E-state index in [-0.39, 0.29) is 16.8 Å². The smallest absolute Gasteiger partial charge is 0.245 e. The second-order valence-electron chi connectivity index (χ2n) is 5.48. The van der Waals surface area contributed by atoms with Crippen LogP contribution in [0.3, 0.4) is 0 Å². The molecule has 1 saturated heterocycles. The molecule has 1 aliphatic rings. The topological polar surface area (TPSA) is 96.5 Å². The van der Waals surface area contributed by atoms with E-state index in [0.29, 0.717) is 13.1 Å². The number of nitrogens with zero attached hydrogens (tertiary/aromatic N) is 4. The van der Waals surface area contributed by atoms with Gasteiger partial charge in [-0.15, -0.1) is 0 Å². The Balaban J connectivity index is 2.05. The zero-order chi connectivity index (χ0) is 15.6. The van der Waals surface area contributed by atoms with Crippen molar-refractivity contribution in [2.24, 2.45) is 0 Å². The molecule has 3 N–H and O–H groups in total. The summed E-state index contributed by atoms with van der Waals surface area (Å²) in [5.41, 5.74) is 5.69. The molecule has 2 rings (SSSR count). The molecular weight excluding hydrogens is 292 g/mol. The highest BCUT2D eigenvalue weighted by Crippen LogP contribution is 2.16. The van der Waals surface area contributed by atoms with Crippen LogP contribution in [0.1, 0.15) is 6.92 Å². The number of sulfonamides is 1. The van der Waals surface area contributed by atoms with E-state index in [1.165, 1.54) is 10.9 Å². The fourth-order valence-corrected chi connectivity index (χ4v) is 3.54. The first kappa shape index (κ1) is 16.2. The number of likely N-dealkylation sites (N-methyl/N-ethyl adjacent to an activating group) is 2. The Labute approximate surface area is 125 Å². The Bertz CT molecular complexity index is 585. The number of rotatable bonds is 5. The number of nitrogens with two attached hydrogens (primary N) is 1. The molecular formula is C12H24N6O2S. The first-order valence-corrected chi connectivity index (χ1v) is 8.53. The summed E-state index contributed by atoms with van der Waals surface area (Å²) in [6, 6.07) is 0.154. The SMILES string of the molecule is CCn1cc(S(=O)(=O)NCC2CN(C)CCN2C)c(N)n1. The average Bonchev–Trinajstić information content (AvgIpc) is 2.82. The van der Waals surface area contributed by atoms with Crippen LogP contribution in [0.4, 0.5) is 5.82 Å². The Morgan fingerprint density at radius 1 is 1.43 bits per heavy atom. The lowest BCUT2D eigenvalue weighted by Gasteiger charge is -2.37. The number of aromatic nitrogens is 2. The van der Waals surface area contributed by atoms with E-state index in [0.717, 1.165) is 19.6 Å². The minimum absolute atomic E-state index is 0.0402. The Kier molecular flexibility index (Phi) is 4.87. The average molecular weight is 316 g/mol. The first-order chi connectivity index (χ1) is 9.83. The molecule has 0 amide bonds. The van der Waals surface area contributed by atoms with Crippen LogP contribution < -0.4 is 10.5 Å². The summed E-state index contributed by atoms with van der Waals surface area (Å²) in [4.78, 5) is 4.42. The Morgan fingerprint density at radius 3 is 2.76 bits per heavy atom. The molecule has 21 heavy (non-hydrogen) atoms. The van der Waals surface area contributed by atoms with Gasteiger partial charge in [-0.2, -0.15) is 5.10 Å². The van der Waals surface area contributed by atoms with E-state index in [2.05, 4.69) is 19.6 Å². The zero-order valence-electron chi connectivity index (χ0n) is 12.8. The molecule has 0 aromatic carbocycles. The van der Waals surface area contributed by atoms with Crippen molar-refractivity contribution in [1.29, 1.82) is 0 Å². The van der Waals surface area contributed by atoms with Crippen molar-refractivity contribution < 1.29 is 8.42 Å². The van der Waals surface area contributed by atoms with Gasteiger partial charge in [-0.05, 0) is 21.0 Å². The minimum Gasteiger partial charge on any atom is -0.381 e. The molecule has 1 atom stereocenters. The zero-order valence-corrected chi connectivity index (χ0v) is 13.6. The second kappa shape index (κ2) is 6.30. The number of hydrogen-bond acceptors (Lipinski definition) is 6. The standard InChI is InChI=1S/C12H24N6O2S/c1-4-18-9-11(12(13)15-18)21(19,20)14-7-10-8-16(2)5-6-17(10)3/h9-10,14H,4-8H2,1-3H3,(H2,13,15). The molecule has 0 radical (unpaired) electrons. The van der Waals surface area contributed by atoms with E-state index >= 15 is 0 Å². The minimum atomic E-state index is -3.62. The van der Waals surface area contributed by atoms with E-state index in [4.69, 9.17) is 5.73 Å². The predicted molar refractivity (Wildman–Crippen MR) is 81.4 cm³/mol. The van der Waals surface area contributed by atoms with Gasteiger partial charge in [-0.25, -0.2) is 13.1 Å². The quantitative estimate of drug-likeness (QED) is 0.724. The number of aryl methyl sites for hydroxylation is 1. The van der Waals surface area contributed by atoms with E-state index in [1.54, 1.807) is 0 Å². The molecule has 0 bridgehead atoms. The lowest BCUT2D eigenvalue weighted by atomic mass is 10.2. The maximum Gasteiger partial charge on any atom is 0.245 e. The molecule has 1 unspecified atom stereocenters. The van der Waals surface area contributed by atoms with Gasteiger partial charge in [-0.3, -0.25) is 9.58 Å². The Morgan fingerprint density at radius 2 is 2.14 bits per heavy atom. The molecule has 1 aromatic rings. The third kappa shape index (κ3) is 3.73. The van der Waals surface area contributed by atoms with Crippen LogP contribution in [0.2, 0.25) is 0 Å². The molecule has 0 spiro atoms. The maximum absolute atomic E-state index is 12.3. The fraction of sp³-hybridized carbons (Fsp3) is 0.750. The highest BCUT2D eigenvalue weighted by molar-refractivity contribution is 7.89. The van der Waals surface area contributed by atoms with E-state index in [1.807, 2.05) is 21.0 Å². The molecule has 8 nitrogen and oxygen atoms in total. The third-order valence-corrected chi connectivity index (χ3v) is 5.30. The molecule has 0 saturated carbocycles. The van der Waals surface area contributed by atoms with Gasteiger partial charge in [0.1, 0.15) is 4.90 Å². The van der Waals surface area contributed by atoms with Gasteiger partial charge in [0.2, 0.25) is 10.0 Å². The summed E-state index contributed by atoms with van der Waals surface area (Å²) in [5.74, 6) is 0.0402. The monoisotopic (exact) mass is 316 g/mol. The number of nitrogen functional groups attached to an aromatic ring is 1. The fourth-order valence-electron chi connectivity index (χ4n) is 2.39. The number of anilines is 1. The lowest BCUT2D eigenvalue weighted by Crippen LogP contribution is -2.54. The van der Waals surface area contributed by atoms with Crippen molar-refractivity contribution in [3.63, 3.8) is 0 Å². The van der Waals surface area contributed by atoms with Gasteiger partial charge in [0, 0.05) is 45.0 Å². The van der Waals surface area contributed by atoms with Gasteiger partial charge in [-0.1, -0.05) is 0 Å². The van der Waals surface area contributed by atoms with Crippen molar-refractivity contribution in [3.8, 4) is 0 Å². The van der Waals surface area contributed by atoms with Crippen molar-refractivity contribution in [2.75, 3.05) is 46.0 Å². The summed E-state index contributed by atoms with van der Waals surface area (Å²) in [7, 11) is 0.425. The van der Waals surface area contributed by atoms with Crippen LogP contribution in [0.5, 0.6) is 0 Å². The second-order valence-corrected chi connectivity index (χ2v) is 7.22. The molecule has 0 aliphatic carbocycles. The molecule has 1 aliphatic heterocycles. The normalized spacial score (nSPS) is 21.8. The highest BCUT2D eigenvalue weighted by Gasteiger charge is 2.26. The summed E-state index contributed by atoms with van der Waals surface area (Å²) in [6.45, 7) is 5.58. The molecule has 2 heterocycles. The van der Waals surface area contributed by atoms with Gasteiger partial charge < -0.3 is 10.6 Å². The molecule has 9 heteroatoms. The molecule has 1 fully saturated rings. The van der Waals surface area contributed by atoms with Crippen LogP contribution in [-0.4, -0.2) is 74.3 Å². The predicted octanol–water partition coefficient (Wildman–Crippen LogP) is -0.991. The van der Waals surface area contributed by atoms with Gasteiger partial charge in [0.15, 0.2) is 5.82 Å². The van der Waals surface area contributed by atoms with E-state index < -0.39 is 10.0 Å². The van der Waals surface area contributed by atoms with Crippen LogP contribution in [0.25, 0.3) is 0 Å². The maximum atomic E-state index is 12.3. The van der Waals surface area contributed by atoms with Crippen LogP contribution in [0, 0.1) is 0 Å². The highest BCUT2D eigenvalue weighted by atomic mass is 32.2. The van der Waals surface area contributed by atoms with Crippen LogP contribution >= 0.6 is 0 Å². The summed E-state index contributed by atoms with van der Waals surface area (Å²) in [6.07, 6.45) is 1.47. The molecule has 120 valence electrons. The van der Waals surface area contributed by atoms with E-state index in [9.17, 15) is 8.42 Å². The lowest BCUT2D eigenvalue weighted by molar-refractivity contribution is 0.117. The Hall–Kier alpha value is -1.16. The summed E-state index contributed by atoms with van der Waals surface area (Å²) in [5, 5.41) is 3.97. The third-order valence-electron chi connectivity index (χ3n) is 3.86. The van der Waals surface area contributed by atoms with Gasteiger partial charge >= 0.3 is 0 Å². The largest absolute Gasteiger partial charge is 0.381 e. The van der Waals surface area contributed by atoms with Crippen molar-refractivity contribution >= 4 is 15.8 Å². The molecule has 1 aromatic heterocycles. The van der Waals surface area contributed by atoms with Crippen molar-refractivity contribution in [2.45, 2.75) is 24.4 Å². The number of nitrogens with one attached hydrogen (secondary N) is 1. The number of hydrogen-bond donors (Lipinski definition) is 2. The summed E-state index contributed by atoms with van der Waals surface area (Å²) >= 11 is 0. The first-order valence-electron chi connectivity index (χ1n) is 7.05.